The maximum atomic E-state index is 5.93. The highest BCUT2D eigenvalue weighted by Gasteiger charge is 2.32. The number of benzene rings is 1. The van der Waals surface area contributed by atoms with Crippen LogP contribution in [0.25, 0.3) is 0 Å². The second-order valence-corrected chi connectivity index (χ2v) is 6.65. The molecule has 0 bridgehead atoms. The summed E-state index contributed by atoms with van der Waals surface area (Å²) in [4.78, 5) is 6.77. The molecule has 0 spiro atoms. The van der Waals surface area contributed by atoms with Crippen molar-refractivity contribution in [1.82, 2.24) is 10.2 Å². The third-order valence-corrected chi connectivity index (χ3v) is 4.92. The van der Waals surface area contributed by atoms with Crippen LogP contribution in [-0.4, -0.2) is 63.0 Å². The van der Waals surface area contributed by atoms with Gasteiger partial charge in [0.1, 0.15) is 6.10 Å². The molecular weight excluding hydrogens is 429 g/mol. The highest BCUT2D eigenvalue weighted by molar-refractivity contribution is 14.0. The minimum Gasteiger partial charge on any atom is -0.375 e. The standard InChI is InChI=1S/C19H29N3O2.HI/c1-15(16-7-4-3-5-8-16)13-21-19(20-2)22-10-12-24-18(14-22)17-9-6-11-23-17;/h3-5,7-8,15,17-18H,6,9-14H2,1-2H3,(H,20,21);1H. The Labute approximate surface area is 168 Å². The van der Waals surface area contributed by atoms with E-state index in [0.29, 0.717) is 5.92 Å². The molecule has 5 nitrogen and oxygen atoms in total. The lowest BCUT2D eigenvalue weighted by atomic mass is 10.0. The van der Waals surface area contributed by atoms with Crippen molar-refractivity contribution in [1.29, 1.82) is 0 Å². The Kier molecular flexibility index (Phi) is 8.45. The van der Waals surface area contributed by atoms with E-state index >= 15 is 0 Å². The van der Waals surface area contributed by atoms with Gasteiger partial charge < -0.3 is 19.7 Å². The number of nitrogens with one attached hydrogen (secondary N) is 1. The summed E-state index contributed by atoms with van der Waals surface area (Å²) in [7, 11) is 1.85. The molecule has 25 heavy (non-hydrogen) atoms. The molecule has 2 fully saturated rings. The molecule has 6 heteroatoms. The monoisotopic (exact) mass is 459 g/mol. The number of ether oxygens (including phenoxy) is 2. The number of hydrogen-bond acceptors (Lipinski definition) is 3. The van der Waals surface area contributed by atoms with Crippen LogP contribution in [0.5, 0.6) is 0 Å². The Hall–Kier alpha value is -0.860. The first-order valence-electron chi connectivity index (χ1n) is 9.01. The molecular formula is C19H30IN3O2. The maximum absolute atomic E-state index is 5.93. The summed E-state index contributed by atoms with van der Waals surface area (Å²) in [5, 5.41) is 3.53. The number of morpholine rings is 1. The van der Waals surface area contributed by atoms with E-state index in [0.717, 1.165) is 51.6 Å². The molecule has 2 saturated heterocycles. The Bertz CT molecular complexity index is 535. The first-order valence-corrected chi connectivity index (χ1v) is 9.01. The van der Waals surface area contributed by atoms with E-state index in [1.54, 1.807) is 0 Å². The third kappa shape index (κ3) is 5.56. The van der Waals surface area contributed by atoms with Crippen LogP contribution >= 0.6 is 24.0 Å². The summed E-state index contributed by atoms with van der Waals surface area (Å²) >= 11 is 0. The molecule has 1 N–H and O–H groups in total. The fourth-order valence-corrected chi connectivity index (χ4v) is 3.46. The normalized spacial score (nSPS) is 25.4. The zero-order chi connectivity index (χ0) is 16.8. The van der Waals surface area contributed by atoms with Crippen LogP contribution < -0.4 is 5.32 Å². The van der Waals surface area contributed by atoms with Crippen molar-refractivity contribution in [3.63, 3.8) is 0 Å². The quantitative estimate of drug-likeness (QED) is 0.428. The van der Waals surface area contributed by atoms with E-state index in [9.17, 15) is 0 Å². The lowest BCUT2D eigenvalue weighted by Crippen LogP contribution is -2.53. The van der Waals surface area contributed by atoms with Gasteiger partial charge in [-0.15, -0.1) is 24.0 Å². The van der Waals surface area contributed by atoms with Gasteiger partial charge in [0, 0.05) is 33.3 Å². The van der Waals surface area contributed by atoms with Gasteiger partial charge in [0.25, 0.3) is 0 Å². The number of halogens is 1. The molecule has 2 aliphatic heterocycles. The van der Waals surface area contributed by atoms with Crippen LogP contribution in [0.2, 0.25) is 0 Å². The van der Waals surface area contributed by atoms with Gasteiger partial charge in [0.05, 0.1) is 12.7 Å². The second-order valence-electron chi connectivity index (χ2n) is 6.65. The van der Waals surface area contributed by atoms with Crippen molar-refractivity contribution in [3.8, 4) is 0 Å². The molecule has 0 amide bonds. The average Bonchev–Trinajstić information content (AvgIpc) is 3.18. The highest BCUT2D eigenvalue weighted by Crippen LogP contribution is 2.21. The molecule has 2 heterocycles. The summed E-state index contributed by atoms with van der Waals surface area (Å²) in [6.45, 7) is 6.45. The zero-order valence-corrected chi connectivity index (χ0v) is 17.5. The first-order chi connectivity index (χ1) is 11.8. The van der Waals surface area contributed by atoms with E-state index in [1.165, 1.54) is 5.56 Å². The molecule has 0 saturated carbocycles. The number of guanidine groups is 1. The van der Waals surface area contributed by atoms with Crippen LogP contribution in [0.1, 0.15) is 31.2 Å². The Balaban J connectivity index is 0.00000225. The van der Waals surface area contributed by atoms with Gasteiger partial charge in [-0.25, -0.2) is 0 Å². The van der Waals surface area contributed by atoms with Crippen molar-refractivity contribution in [3.05, 3.63) is 35.9 Å². The molecule has 3 atom stereocenters. The number of nitrogens with zero attached hydrogens (tertiary/aromatic N) is 2. The van der Waals surface area contributed by atoms with Gasteiger partial charge in [-0.2, -0.15) is 0 Å². The van der Waals surface area contributed by atoms with Crippen LogP contribution in [0.15, 0.2) is 35.3 Å². The lowest BCUT2D eigenvalue weighted by Gasteiger charge is -2.37. The SMILES string of the molecule is CN=C(NCC(C)c1ccccc1)N1CCOC(C2CCCO2)C1.I. The Morgan fingerprint density at radius 2 is 2.00 bits per heavy atom. The van der Waals surface area contributed by atoms with E-state index in [4.69, 9.17) is 9.47 Å². The minimum atomic E-state index is 0. The first kappa shape index (κ1) is 20.5. The molecule has 2 aliphatic rings. The van der Waals surface area contributed by atoms with Gasteiger partial charge in [0.15, 0.2) is 5.96 Å². The largest absolute Gasteiger partial charge is 0.375 e. The summed E-state index contributed by atoms with van der Waals surface area (Å²) in [5.41, 5.74) is 1.35. The molecule has 3 rings (SSSR count). The van der Waals surface area contributed by atoms with Crippen molar-refractivity contribution in [2.75, 3.05) is 39.9 Å². The Morgan fingerprint density at radius 3 is 2.68 bits per heavy atom. The van der Waals surface area contributed by atoms with Gasteiger partial charge >= 0.3 is 0 Å². The van der Waals surface area contributed by atoms with Crippen molar-refractivity contribution in [2.45, 2.75) is 37.9 Å². The topological polar surface area (TPSA) is 46.1 Å². The van der Waals surface area contributed by atoms with Gasteiger partial charge in [-0.3, -0.25) is 4.99 Å². The number of hydrogen-bond donors (Lipinski definition) is 1. The molecule has 140 valence electrons. The average molecular weight is 459 g/mol. The zero-order valence-electron chi connectivity index (χ0n) is 15.2. The fourth-order valence-electron chi connectivity index (χ4n) is 3.46. The van der Waals surface area contributed by atoms with Crippen LogP contribution in [-0.2, 0) is 9.47 Å². The molecule has 0 aromatic heterocycles. The van der Waals surface area contributed by atoms with E-state index in [2.05, 4.69) is 52.5 Å². The van der Waals surface area contributed by atoms with E-state index in [-0.39, 0.29) is 36.2 Å². The summed E-state index contributed by atoms with van der Waals surface area (Å²) in [6.07, 6.45) is 2.65. The van der Waals surface area contributed by atoms with E-state index < -0.39 is 0 Å². The van der Waals surface area contributed by atoms with Gasteiger partial charge in [-0.1, -0.05) is 37.3 Å². The number of aliphatic imine (C=N–C) groups is 1. The van der Waals surface area contributed by atoms with Crippen molar-refractivity contribution < 1.29 is 9.47 Å². The van der Waals surface area contributed by atoms with Gasteiger partial charge in [0.2, 0.25) is 0 Å². The van der Waals surface area contributed by atoms with Gasteiger partial charge in [-0.05, 0) is 24.3 Å². The predicted molar refractivity (Wildman–Crippen MR) is 112 cm³/mol. The van der Waals surface area contributed by atoms with Crippen LogP contribution in [0, 0.1) is 0 Å². The van der Waals surface area contributed by atoms with Crippen LogP contribution in [0.4, 0.5) is 0 Å². The second kappa shape index (κ2) is 10.3. The Morgan fingerprint density at radius 1 is 1.24 bits per heavy atom. The molecule has 1 aromatic rings. The summed E-state index contributed by atoms with van der Waals surface area (Å²) in [5.74, 6) is 1.40. The van der Waals surface area contributed by atoms with Crippen molar-refractivity contribution >= 4 is 29.9 Å². The number of rotatable bonds is 4. The van der Waals surface area contributed by atoms with E-state index in [1.807, 2.05) is 7.05 Å². The summed E-state index contributed by atoms with van der Waals surface area (Å²) < 4.78 is 11.7. The molecule has 3 unspecified atom stereocenters. The van der Waals surface area contributed by atoms with Crippen molar-refractivity contribution in [2.24, 2.45) is 4.99 Å². The minimum absolute atomic E-state index is 0. The molecule has 0 aliphatic carbocycles. The molecule has 0 radical (unpaired) electrons. The lowest BCUT2D eigenvalue weighted by molar-refractivity contribution is -0.0817. The fraction of sp³-hybridized carbons (Fsp3) is 0.632. The smallest absolute Gasteiger partial charge is 0.193 e. The van der Waals surface area contributed by atoms with Crippen LogP contribution in [0.3, 0.4) is 0 Å². The summed E-state index contributed by atoms with van der Waals surface area (Å²) in [6, 6.07) is 10.6. The highest BCUT2D eigenvalue weighted by atomic mass is 127. The third-order valence-electron chi connectivity index (χ3n) is 4.92. The predicted octanol–water partition coefficient (Wildman–Crippen LogP) is 2.86. The maximum Gasteiger partial charge on any atom is 0.193 e. The molecule has 1 aromatic carbocycles.